The molecule has 1 N–H and O–H groups in total. The molecule has 0 spiro atoms. The zero-order valence-electron chi connectivity index (χ0n) is 9.51. The molecular weight excluding hydrogens is 234 g/mol. The monoisotopic (exact) mass is 247 g/mol. The van der Waals surface area contributed by atoms with E-state index in [1.807, 2.05) is 25.1 Å². The van der Waals surface area contributed by atoms with Crippen LogP contribution in [0.3, 0.4) is 0 Å². The maximum atomic E-state index is 11.8. The fraction of sp³-hybridized carbons (Fsp3) is 0.250. The van der Waals surface area contributed by atoms with E-state index in [-0.39, 0.29) is 5.91 Å². The van der Waals surface area contributed by atoms with Crippen LogP contribution in [0.5, 0.6) is 0 Å². The third-order valence-electron chi connectivity index (χ3n) is 2.24. The number of hydrogen-bond acceptors (Lipinski definition) is 4. The van der Waals surface area contributed by atoms with Crippen molar-refractivity contribution in [2.75, 3.05) is 0 Å². The average Bonchev–Trinajstić information content (AvgIpc) is 2.86. The fourth-order valence-electron chi connectivity index (χ4n) is 1.34. The Balaban J connectivity index is 1.93. The van der Waals surface area contributed by atoms with Gasteiger partial charge in [0.05, 0.1) is 23.4 Å². The van der Waals surface area contributed by atoms with Crippen molar-refractivity contribution in [3.05, 3.63) is 46.2 Å². The molecule has 5 heteroatoms. The third kappa shape index (κ3) is 3.10. The number of aryl methyl sites for hydroxylation is 1. The number of carbonyl (C=O) groups excluding carboxylic acids is 1. The predicted octanol–water partition coefficient (Wildman–Crippen LogP) is 2.03. The molecule has 2 heterocycles. The fourth-order valence-corrected chi connectivity index (χ4v) is 2.11. The lowest BCUT2D eigenvalue weighted by Gasteiger charge is -2.01. The maximum Gasteiger partial charge on any atom is 0.263 e. The molecule has 4 nitrogen and oxygen atoms in total. The molecule has 17 heavy (non-hydrogen) atoms. The molecule has 0 unspecified atom stereocenters. The minimum atomic E-state index is -0.0900. The number of nitrogens with one attached hydrogen (secondary N) is 1. The molecule has 0 atom stereocenters. The predicted molar refractivity (Wildman–Crippen MR) is 66.9 cm³/mol. The number of pyridine rings is 1. The molecule has 2 rings (SSSR count). The molecule has 0 bridgehead atoms. The Kier molecular flexibility index (Phi) is 3.82. The van der Waals surface area contributed by atoms with Crippen LogP contribution in [0, 0.1) is 0 Å². The highest BCUT2D eigenvalue weighted by molar-refractivity contribution is 7.13. The second kappa shape index (κ2) is 5.54. The Morgan fingerprint density at radius 3 is 2.94 bits per heavy atom. The Hall–Kier alpha value is -1.75. The van der Waals surface area contributed by atoms with Gasteiger partial charge in [0.15, 0.2) is 0 Å². The first kappa shape index (κ1) is 11.7. The molecule has 2 aromatic rings. The van der Waals surface area contributed by atoms with E-state index in [1.165, 1.54) is 11.3 Å². The van der Waals surface area contributed by atoms with Crippen molar-refractivity contribution < 1.29 is 4.79 Å². The largest absolute Gasteiger partial charge is 0.346 e. The Morgan fingerprint density at radius 2 is 2.29 bits per heavy atom. The van der Waals surface area contributed by atoms with Gasteiger partial charge >= 0.3 is 0 Å². The molecule has 0 aliphatic heterocycles. The number of hydrogen-bond donors (Lipinski definition) is 1. The summed E-state index contributed by atoms with van der Waals surface area (Å²) in [4.78, 5) is 20.7. The van der Waals surface area contributed by atoms with E-state index in [4.69, 9.17) is 0 Å². The van der Waals surface area contributed by atoms with Crippen LogP contribution in [0.4, 0.5) is 0 Å². The number of aromatic nitrogens is 2. The highest BCUT2D eigenvalue weighted by atomic mass is 32.1. The molecule has 88 valence electrons. The first-order valence-electron chi connectivity index (χ1n) is 5.42. The number of nitrogens with zero attached hydrogens (tertiary/aromatic N) is 2. The number of thiazole rings is 1. The van der Waals surface area contributed by atoms with E-state index in [9.17, 15) is 4.79 Å². The zero-order valence-corrected chi connectivity index (χ0v) is 10.3. The Morgan fingerprint density at radius 1 is 1.41 bits per heavy atom. The molecular formula is C12H13N3OS. The SMILES string of the molecule is CCc1ncc(C(=O)NCc2ccccn2)s1. The number of carbonyl (C=O) groups is 1. The molecule has 0 aliphatic carbocycles. The van der Waals surface area contributed by atoms with Crippen LogP contribution in [-0.4, -0.2) is 15.9 Å². The molecule has 0 radical (unpaired) electrons. The van der Waals surface area contributed by atoms with Crippen LogP contribution in [0.25, 0.3) is 0 Å². The van der Waals surface area contributed by atoms with Crippen molar-refractivity contribution in [3.8, 4) is 0 Å². The van der Waals surface area contributed by atoms with E-state index in [0.717, 1.165) is 17.1 Å². The van der Waals surface area contributed by atoms with Crippen LogP contribution in [0.2, 0.25) is 0 Å². The topological polar surface area (TPSA) is 54.9 Å². The van der Waals surface area contributed by atoms with Crippen molar-refractivity contribution >= 4 is 17.2 Å². The molecule has 0 saturated carbocycles. The second-order valence-corrected chi connectivity index (χ2v) is 4.59. The quantitative estimate of drug-likeness (QED) is 0.899. The number of rotatable bonds is 4. The van der Waals surface area contributed by atoms with Gasteiger partial charge in [0, 0.05) is 6.20 Å². The molecule has 0 aromatic carbocycles. The van der Waals surface area contributed by atoms with Crippen LogP contribution < -0.4 is 5.32 Å². The van der Waals surface area contributed by atoms with Gasteiger partial charge in [-0.15, -0.1) is 11.3 Å². The summed E-state index contributed by atoms with van der Waals surface area (Å²) in [5, 5.41) is 3.80. The van der Waals surface area contributed by atoms with Gasteiger partial charge < -0.3 is 5.32 Å². The summed E-state index contributed by atoms with van der Waals surface area (Å²) in [6.45, 7) is 2.47. The summed E-state index contributed by atoms with van der Waals surface area (Å²) in [5.74, 6) is -0.0900. The van der Waals surface area contributed by atoms with Crippen LogP contribution in [0.1, 0.15) is 27.3 Å². The lowest BCUT2D eigenvalue weighted by molar-refractivity contribution is 0.0954. The molecule has 0 saturated heterocycles. The highest BCUT2D eigenvalue weighted by Crippen LogP contribution is 2.13. The lowest BCUT2D eigenvalue weighted by Crippen LogP contribution is -2.22. The summed E-state index contributed by atoms with van der Waals surface area (Å²) in [5.41, 5.74) is 0.848. The summed E-state index contributed by atoms with van der Waals surface area (Å²) >= 11 is 1.43. The first-order valence-corrected chi connectivity index (χ1v) is 6.24. The summed E-state index contributed by atoms with van der Waals surface area (Å²) in [7, 11) is 0. The average molecular weight is 247 g/mol. The van der Waals surface area contributed by atoms with Crippen LogP contribution >= 0.6 is 11.3 Å². The van der Waals surface area contributed by atoms with Crippen LogP contribution in [0.15, 0.2) is 30.6 Å². The van der Waals surface area contributed by atoms with Gasteiger partial charge in [-0.25, -0.2) is 4.98 Å². The van der Waals surface area contributed by atoms with Crippen LogP contribution in [-0.2, 0) is 13.0 Å². The lowest BCUT2D eigenvalue weighted by atomic mass is 10.3. The smallest absolute Gasteiger partial charge is 0.263 e. The van der Waals surface area contributed by atoms with Crippen molar-refractivity contribution in [1.82, 2.24) is 15.3 Å². The summed E-state index contributed by atoms with van der Waals surface area (Å²) in [6.07, 6.45) is 4.19. The van der Waals surface area contributed by atoms with Gasteiger partial charge in [-0.3, -0.25) is 9.78 Å². The molecule has 2 aromatic heterocycles. The van der Waals surface area contributed by atoms with Crippen molar-refractivity contribution in [2.45, 2.75) is 19.9 Å². The van der Waals surface area contributed by atoms with Crippen molar-refractivity contribution in [1.29, 1.82) is 0 Å². The standard InChI is InChI=1S/C12H13N3OS/c1-2-11-14-8-10(17-11)12(16)15-7-9-5-3-4-6-13-9/h3-6,8H,2,7H2,1H3,(H,15,16). The summed E-state index contributed by atoms with van der Waals surface area (Å²) in [6, 6.07) is 5.63. The minimum absolute atomic E-state index is 0.0900. The maximum absolute atomic E-state index is 11.8. The van der Waals surface area contributed by atoms with E-state index < -0.39 is 0 Å². The van der Waals surface area contributed by atoms with Gasteiger partial charge in [-0.05, 0) is 18.6 Å². The summed E-state index contributed by atoms with van der Waals surface area (Å²) < 4.78 is 0. The van der Waals surface area contributed by atoms with Crippen molar-refractivity contribution in [2.24, 2.45) is 0 Å². The first-order chi connectivity index (χ1) is 8.29. The second-order valence-electron chi connectivity index (χ2n) is 3.48. The Bertz CT molecular complexity index is 495. The normalized spacial score (nSPS) is 10.2. The zero-order chi connectivity index (χ0) is 12.1. The van der Waals surface area contributed by atoms with Gasteiger partial charge in [-0.2, -0.15) is 0 Å². The molecule has 0 aliphatic rings. The Labute approximate surface area is 104 Å². The molecule has 1 amide bonds. The number of amides is 1. The van der Waals surface area contributed by atoms with Gasteiger partial charge in [0.2, 0.25) is 0 Å². The highest BCUT2D eigenvalue weighted by Gasteiger charge is 2.09. The minimum Gasteiger partial charge on any atom is -0.346 e. The van der Waals surface area contributed by atoms with Gasteiger partial charge in [-0.1, -0.05) is 13.0 Å². The van der Waals surface area contributed by atoms with E-state index in [0.29, 0.717) is 11.4 Å². The molecule has 0 fully saturated rings. The van der Waals surface area contributed by atoms with Crippen molar-refractivity contribution in [3.63, 3.8) is 0 Å². The van der Waals surface area contributed by atoms with Gasteiger partial charge in [0.1, 0.15) is 4.88 Å². The van der Waals surface area contributed by atoms with E-state index >= 15 is 0 Å². The van der Waals surface area contributed by atoms with E-state index in [1.54, 1.807) is 12.4 Å². The van der Waals surface area contributed by atoms with E-state index in [2.05, 4.69) is 15.3 Å². The van der Waals surface area contributed by atoms with Gasteiger partial charge in [0.25, 0.3) is 5.91 Å². The third-order valence-corrected chi connectivity index (χ3v) is 3.38.